The lowest BCUT2D eigenvalue weighted by molar-refractivity contribution is -0.0288. The molecule has 0 saturated carbocycles. The first-order chi connectivity index (χ1) is 9.76. The van der Waals surface area contributed by atoms with Crippen molar-refractivity contribution in [2.24, 2.45) is 0 Å². The molecule has 0 bridgehead atoms. The molecule has 0 aromatic carbocycles. The van der Waals surface area contributed by atoms with E-state index in [1.165, 1.54) is 32.4 Å². The minimum atomic E-state index is -2.90. The van der Waals surface area contributed by atoms with Crippen LogP contribution in [-0.2, 0) is 17.7 Å². The van der Waals surface area contributed by atoms with Gasteiger partial charge in [0.2, 0.25) is 0 Å². The first-order valence-corrected chi connectivity index (χ1v) is 9.67. The molecule has 0 amide bonds. The fourth-order valence-electron chi connectivity index (χ4n) is 2.45. The molecule has 120 valence electrons. The van der Waals surface area contributed by atoms with Crippen molar-refractivity contribution >= 4 is 9.05 Å². The Kier molecular flexibility index (Phi) is 9.67. The third-order valence-electron chi connectivity index (χ3n) is 3.31. The van der Waals surface area contributed by atoms with Gasteiger partial charge in [-0.1, -0.05) is 6.42 Å². The zero-order chi connectivity index (χ0) is 14.7. The summed E-state index contributed by atoms with van der Waals surface area (Å²) < 4.78 is 22.9. The molecule has 5 nitrogen and oxygen atoms in total. The van der Waals surface area contributed by atoms with Gasteiger partial charge in [0.05, 0.1) is 0 Å². The molecule has 0 N–H and O–H groups in total. The first kappa shape index (κ1) is 18.1. The Morgan fingerprint density at radius 1 is 0.800 bits per heavy atom. The van der Waals surface area contributed by atoms with E-state index in [0.29, 0.717) is 26.4 Å². The SMILES string of the molecule is CCO[Si](OCC)(OCC)OCCCN1CCCCC1. The van der Waals surface area contributed by atoms with Gasteiger partial charge < -0.3 is 22.6 Å². The van der Waals surface area contributed by atoms with E-state index in [0.717, 1.165) is 13.0 Å². The van der Waals surface area contributed by atoms with E-state index in [-0.39, 0.29) is 0 Å². The Bertz CT molecular complexity index is 220. The highest BCUT2D eigenvalue weighted by atomic mass is 28.4. The highest BCUT2D eigenvalue weighted by molar-refractivity contribution is 6.53. The largest absolute Gasteiger partial charge is 0.679 e. The monoisotopic (exact) mass is 305 g/mol. The highest BCUT2D eigenvalue weighted by Crippen LogP contribution is 2.13. The molecule has 6 heteroatoms. The third-order valence-corrected chi connectivity index (χ3v) is 5.79. The Labute approximate surface area is 125 Å². The van der Waals surface area contributed by atoms with Crippen LogP contribution in [0.1, 0.15) is 46.5 Å². The average Bonchev–Trinajstić information content (AvgIpc) is 2.46. The van der Waals surface area contributed by atoms with Crippen LogP contribution in [0.15, 0.2) is 0 Å². The summed E-state index contributed by atoms with van der Waals surface area (Å²) in [7, 11) is -2.90. The molecule has 1 aliphatic rings. The predicted molar refractivity (Wildman–Crippen MR) is 81.5 cm³/mol. The van der Waals surface area contributed by atoms with Crippen molar-refractivity contribution in [2.75, 3.05) is 46.1 Å². The molecule has 0 aliphatic carbocycles. The maximum Gasteiger partial charge on any atom is 0.679 e. The van der Waals surface area contributed by atoms with Crippen LogP contribution in [0, 0.1) is 0 Å². The summed E-state index contributed by atoms with van der Waals surface area (Å²) in [5.41, 5.74) is 0. The Morgan fingerprint density at radius 2 is 1.35 bits per heavy atom. The van der Waals surface area contributed by atoms with Gasteiger partial charge in [0, 0.05) is 33.0 Å². The lowest BCUT2D eigenvalue weighted by Crippen LogP contribution is -2.49. The van der Waals surface area contributed by atoms with Gasteiger partial charge in [-0.2, -0.15) is 0 Å². The van der Waals surface area contributed by atoms with Gasteiger partial charge in [0.25, 0.3) is 0 Å². The zero-order valence-electron chi connectivity index (χ0n) is 13.4. The van der Waals surface area contributed by atoms with Gasteiger partial charge in [0.1, 0.15) is 0 Å². The summed E-state index contributed by atoms with van der Waals surface area (Å²) in [6, 6.07) is 0. The summed E-state index contributed by atoms with van der Waals surface area (Å²) >= 11 is 0. The molecule has 0 unspecified atom stereocenters. The molecule has 1 saturated heterocycles. The van der Waals surface area contributed by atoms with Gasteiger partial charge in [-0.25, -0.2) is 0 Å². The van der Waals surface area contributed by atoms with Crippen LogP contribution in [0.5, 0.6) is 0 Å². The zero-order valence-corrected chi connectivity index (χ0v) is 14.4. The molecular weight excluding hydrogens is 274 g/mol. The summed E-state index contributed by atoms with van der Waals surface area (Å²) in [6.45, 7) is 11.7. The molecule has 1 aliphatic heterocycles. The van der Waals surface area contributed by atoms with Crippen molar-refractivity contribution in [3.05, 3.63) is 0 Å². The number of rotatable bonds is 11. The van der Waals surface area contributed by atoms with E-state index in [1.54, 1.807) is 0 Å². The maximum absolute atomic E-state index is 5.89. The Morgan fingerprint density at radius 3 is 1.85 bits per heavy atom. The minimum Gasteiger partial charge on any atom is -0.351 e. The lowest BCUT2D eigenvalue weighted by Gasteiger charge is -2.28. The standard InChI is InChI=1S/C14H31NO4Si/c1-4-16-20(17-5-2,18-6-3)19-14-10-13-15-11-8-7-9-12-15/h4-14H2,1-3H3. The van der Waals surface area contributed by atoms with Crippen molar-refractivity contribution in [1.82, 2.24) is 4.90 Å². The minimum absolute atomic E-state index is 0.554. The van der Waals surface area contributed by atoms with Crippen LogP contribution in [0.25, 0.3) is 0 Å². The molecule has 0 radical (unpaired) electrons. The van der Waals surface area contributed by atoms with Crippen molar-refractivity contribution < 1.29 is 17.7 Å². The second-order valence-electron chi connectivity index (χ2n) is 4.90. The molecule has 0 aromatic heterocycles. The van der Waals surface area contributed by atoms with Gasteiger partial charge >= 0.3 is 9.05 Å². The Hall–Kier alpha value is 0.0169. The van der Waals surface area contributed by atoms with Gasteiger partial charge in [-0.3, -0.25) is 0 Å². The molecule has 20 heavy (non-hydrogen) atoms. The molecule has 0 aromatic rings. The summed E-state index contributed by atoms with van der Waals surface area (Å²) in [4.78, 5) is 2.51. The third kappa shape index (κ3) is 6.65. The van der Waals surface area contributed by atoms with Crippen LogP contribution in [0.3, 0.4) is 0 Å². The smallest absolute Gasteiger partial charge is 0.351 e. The molecule has 1 rings (SSSR count). The fourth-order valence-corrected chi connectivity index (χ4v) is 4.40. The van der Waals surface area contributed by atoms with Gasteiger partial charge in [0.15, 0.2) is 0 Å². The maximum atomic E-state index is 5.89. The van der Waals surface area contributed by atoms with Crippen LogP contribution in [-0.4, -0.2) is 60.0 Å². The van der Waals surface area contributed by atoms with E-state index < -0.39 is 9.05 Å². The second-order valence-corrected chi connectivity index (χ2v) is 7.06. The van der Waals surface area contributed by atoms with Gasteiger partial charge in [-0.05, 0) is 53.1 Å². The van der Waals surface area contributed by atoms with E-state index in [2.05, 4.69) is 4.90 Å². The highest BCUT2D eigenvalue weighted by Gasteiger charge is 2.44. The van der Waals surface area contributed by atoms with Crippen molar-refractivity contribution in [3.63, 3.8) is 0 Å². The molecule has 0 spiro atoms. The van der Waals surface area contributed by atoms with E-state index in [9.17, 15) is 0 Å². The molecule has 1 heterocycles. The molecular formula is C14H31NO4Si. The fraction of sp³-hybridized carbons (Fsp3) is 1.00. The molecule has 1 fully saturated rings. The topological polar surface area (TPSA) is 40.2 Å². The number of hydrogen-bond donors (Lipinski definition) is 0. The summed E-state index contributed by atoms with van der Waals surface area (Å²) in [6.07, 6.45) is 5.04. The van der Waals surface area contributed by atoms with Crippen molar-refractivity contribution in [3.8, 4) is 0 Å². The van der Waals surface area contributed by atoms with E-state index in [1.807, 2.05) is 20.8 Å². The number of piperidine rings is 1. The summed E-state index contributed by atoms with van der Waals surface area (Å²) in [5, 5.41) is 0. The number of likely N-dealkylation sites (tertiary alicyclic amines) is 1. The number of hydrogen-bond acceptors (Lipinski definition) is 5. The van der Waals surface area contributed by atoms with Crippen LogP contribution in [0.2, 0.25) is 0 Å². The second kappa shape index (κ2) is 10.7. The number of nitrogens with zero attached hydrogens (tertiary/aromatic N) is 1. The lowest BCUT2D eigenvalue weighted by atomic mass is 10.1. The van der Waals surface area contributed by atoms with Crippen LogP contribution >= 0.6 is 0 Å². The quantitative estimate of drug-likeness (QED) is 0.433. The normalized spacial score (nSPS) is 17.6. The van der Waals surface area contributed by atoms with Crippen LogP contribution < -0.4 is 0 Å². The summed E-state index contributed by atoms with van der Waals surface area (Å²) in [5.74, 6) is 0. The average molecular weight is 305 g/mol. The van der Waals surface area contributed by atoms with E-state index in [4.69, 9.17) is 17.7 Å². The first-order valence-electron chi connectivity index (χ1n) is 8.04. The Balaban J connectivity index is 2.28. The van der Waals surface area contributed by atoms with Crippen LogP contribution in [0.4, 0.5) is 0 Å². The van der Waals surface area contributed by atoms with Crippen molar-refractivity contribution in [2.45, 2.75) is 46.5 Å². The van der Waals surface area contributed by atoms with Crippen molar-refractivity contribution in [1.29, 1.82) is 0 Å². The molecule has 0 atom stereocenters. The van der Waals surface area contributed by atoms with E-state index >= 15 is 0 Å². The van der Waals surface area contributed by atoms with Gasteiger partial charge in [-0.15, -0.1) is 0 Å². The predicted octanol–water partition coefficient (Wildman–Crippen LogP) is 2.42.